The monoisotopic (exact) mass is 1310 g/mol. The highest BCUT2D eigenvalue weighted by Gasteiger charge is 2.46. The predicted octanol–water partition coefficient (Wildman–Crippen LogP) is 17.7. The molecule has 0 N–H and O–H groups in total. The molecule has 0 radical (unpaired) electrons. The summed E-state index contributed by atoms with van der Waals surface area (Å²) in [6.45, 7) is -0.754. The fourth-order valence-electron chi connectivity index (χ4n) is 17.0. The third kappa shape index (κ3) is 8.62. The molecule has 12 heteroatoms. The van der Waals surface area contributed by atoms with Crippen LogP contribution >= 0.6 is 0 Å². The van der Waals surface area contributed by atoms with Crippen molar-refractivity contribution in [2.24, 2.45) is 0 Å². The topological polar surface area (TPSA) is 65.1 Å². The van der Waals surface area contributed by atoms with Crippen LogP contribution in [0.1, 0.15) is 0 Å². The molecule has 0 saturated heterocycles. The second kappa shape index (κ2) is 22.1. The smallest absolute Gasteiger partial charge is 0.260 e. The van der Waals surface area contributed by atoms with Gasteiger partial charge in [0.1, 0.15) is 69.0 Å². The lowest BCUT2D eigenvalue weighted by Gasteiger charge is -2.36. The summed E-state index contributed by atoms with van der Waals surface area (Å²) >= 11 is 0. The van der Waals surface area contributed by atoms with Crippen LogP contribution in [-0.2, 0) is 0 Å². The molecule has 474 valence electrons. The SMILES string of the molecule is c1ccc(N(c2ccccc2)c2cc3c4c(c2)Oc2cc5c6cc7c(cc6c6cc8c(cc6c5cc2B4c2ccccc2O3)Oc2cc(N(c3ccccc3)c3ccccc3)cc3c2B8c2ccccc2O3)Oc2cc(N(c3ccccc3)c3ccccc3)cc3c2B7c2ccccc2O3)cc1. The summed E-state index contributed by atoms with van der Waals surface area (Å²) < 4.78 is 43.9. The van der Waals surface area contributed by atoms with Crippen molar-refractivity contribution in [2.45, 2.75) is 0 Å². The minimum absolute atomic E-state index is 0.251. The minimum atomic E-state index is -0.251. The Balaban J connectivity index is 0.800. The average Bonchev–Trinajstić information content (AvgIpc) is 0.698. The van der Waals surface area contributed by atoms with E-state index in [0.29, 0.717) is 0 Å². The van der Waals surface area contributed by atoms with Crippen molar-refractivity contribution in [3.05, 3.63) is 328 Å². The number of ether oxygens (including phenoxy) is 6. The molecule has 6 aliphatic heterocycles. The Bertz CT molecular complexity index is 5450. The maximum atomic E-state index is 7.55. The van der Waals surface area contributed by atoms with Crippen molar-refractivity contribution in [3.63, 3.8) is 0 Å². The van der Waals surface area contributed by atoms with E-state index in [2.05, 4.69) is 342 Å². The second-order valence-corrected chi connectivity index (χ2v) is 26.9. The van der Waals surface area contributed by atoms with Crippen LogP contribution in [0, 0.1) is 0 Å². The normalized spacial score (nSPS) is 13.1. The highest BCUT2D eigenvalue weighted by molar-refractivity contribution is 7.00. The number of rotatable bonds is 9. The summed E-state index contributed by atoms with van der Waals surface area (Å²) in [6, 6.07) is 116. The van der Waals surface area contributed by atoms with Gasteiger partial charge in [-0.3, -0.25) is 0 Å². The molecular formula is C90H54B3N3O6. The van der Waals surface area contributed by atoms with E-state index >= 15 is 0 Å². The van der Waals surface area contributed by atoms with E-state index in [1.165, 1.54) is 0 Å². The van der Waals surface area contributed by atoms with Gasteiger partial charge < -0.3 is 43.1 Å². The zero-order valence-electron chi connectivity index (χ0n) is 54.7. The minimum Gasteiger partial charge on any atom is -0.458 e. The maximum Gasteiger partial charge on any atom is 0.260 e. The lowest BCUT2D eigenvalue weighted by atomic mass is 9.34. The van der Waals surface area contributed by atoms with Gasteiger partial charge in [0, 0.05) is 86.9 Å². The van der Waals surface area contributed by atoms with Crippen LogP contribution < -0.4 is 92.3 Å². The lowest BCUT2D eigenvalue weighted by Crippen LogP contribution is -2.57. The molecule has 0 aliphatic carbocycles. The Kier molecular flexibility index (Phi) is 12.3. The van der Waals surface area contributed by atoms with E-state index in [-0.39, 0.29) is 20.1 Å². The zero-order chi connectivity index (χ0) is 66.7. The van der Waals surface area contributed by atoms with E-state index in [9.17, 15) is 0 Å². The fraction of sp³-hybridized carbons (Fsp3) is 0. The predicted molar refractivity (Wildman–Crippen MR) is 416 cm³/mol. The van der Waals surface area contributed by atoms with Gasteiger partial charge in [-0.15, -0.1) is 0 Å². The zero-order valence-corrected chi connectivity index (χ0v) is 54.7. The van der Waals surface area contributed by atoms with Gasteiger partial charge >= 0.3 is 0 Å². The molecule has 0 fully saturated rings. The highest BCUT2D eigenvalue weighted by atomic mass is 16.5. The summed E-state index contributed by atoms with van der Waals surface area (Å²) in [5, 5.41) is 6.24. The van der Waals surface area contributed by atoms with Gasteiger partial charge in [0.05, 0.1) is 17.1 Å². The number of para-hydroxylation sites is 9. The number of hydrogen-bond donors (Lipinski definition) is 0. The summed E-state index contributed by atoms with van der Waals surface area (Å²) in [5.41, 5.74) is 18.1. The molecule has 0 unspecified atom stereocenters. The van der Waals surface area contributed by atoms with Gasteiger partial charge in [0.25, 0.3) is 20.1 Å². The van der Waals surface area contributed by atoms with Crippen LogP contribution in [0.25, 0.3) is 32.3 Å². The van der Waals surface area contributed by atoms with E-state index in [1.54, 1.807) is 0 Å². The number of anilines is 9. The first-order valence-electron chi connectivity index (χ1n) is 34.7. The van der Waals surface area contributed by atoms with E-state index in [4.69, 9.17) is 28.4 Å². The fourth-order valence-corrected chi connectivity index (χ4v) is 17.0. The number of fused-ring (bicyclic) bond motifs is 18. The summed E-state index contributed by atoms with van der Waals surface area (Å²) in [6.07, 6.45) is 0. The molecule has 6 heterocycles. The Morgan fingerprint density at radius 2 is 0.353 bits per heavy atom. The van der Waals surface area contributed by atoms with E-state index in [0.717, 1.165) is 202 Å². The van der Waals surface area contributed by atoms with Crippen molar-refractivity contribution in [2.75, 3.05) is 14.7 Å². The van der Waals surface area contributed by atoms with Gasteiger partial charge in [-0.1, -0.05) is 182 Å². The third-order valence-corrected chi connectivity index (χ3v) is 21.3. The Morgan fingerprint density at radius 1 is 0.157 bits per heavy atom. The van der Waals surface area contributed by atoms with Crippen LogP contribution in [0.4, 0.5) is 51.2 Å². The van der Waals surface area contributed by atoms with Gasteiger partial charge in [-0.25, -0.2) is 0 Å². The van der Waals surface area contributed by atoms with Crippen LogP contribution in [-0.4, -0.2) is 20.1 Å². The average molecular weight is 1310 g/mol. The third-order valence-electron chi connectivity index (χ3n) is 21.3. The first-order valence-corrected chi connectivity index (χ1v) is 34.7. The molecule has 16 aromatic rings. The summed E-state index contributed by atoms with van der Waals surface area (Å²) in [7, 11) is 0. The van der Waals surface area contributed by atoms with Gasteiger partial charge in [0.2, 0.25) is 0 Å². The van der Waals surface area contributed by atoms with Crippen LogP contribution in [0.2, 0.25) is 0 Å². The van der Waals surface area contributed by atoms with Crippen molar-refractivity contribution < 1.29 is 28.4 Å². The first-order chi connectivity index (χ1) is 50.5. The molecule has 16 aromatic carbocycles. The van der Waals surface area contributed by atoms with Gasteiger partial charge in [0.15, 0.2) is 0 Å². The van der Waals surface area contributed by atoms with Crippen LogP contribution in [0.15, 0.2) is 328 Å². The number of benzene rings is 16. The molecule has 0 atom stereocenters. The molecule has 0 saturated carbocycles. The molecule has 0 aromatic heterocycles. The largest absolute Gasteiger partial charge is 0.458 e. The Hall–Kier alpha value is -13.3. The Morgan fingerprint density at radius 3 is 0.588 bits per heavy atom. The second-order valence-electron chi connectivity index (χ2n) is 26.9. The van der Waals surface area contributed by atoms with Crippen LogP contribution in [0.3, 0.4) is 0 Å². The first kappa shape index (κ1) is 56.7. The molecule has 9 nitrogen and oxygen atoms in total. The molecule has 0 amide bonds. The molecule has 6 aliphatic rings. The number of nitrogens with zero attached hydrogens (tertiary/aromatic N) is 3. The maximum absolute atomic E-state index is 7.55. The van der Waals surface area contributed by atoms with Crippen molar-refractivity contribution in [1.29, 1.82) is 0 Å². The highest BCUT2D eigenvalue weighted by Crippen LogP contribution is 2.50. The van der Waals surface area contributed by atoms with Crippen LogP contribution in [0.5, 0.6) is 69.0 Å². The van der Waals surface area contributed by atoms with Crippen molar-refractivity contribution >= 4 is 153 Å². The molecule has 0 bridgehead atoms. The molecule has 102 heavy (non-hydrogen) atoms. The summed E-state index contributed by atoms with van der Waals surface area (Å²) in [4.78, 5) is 6.81. The Labute approximate surface area is 589 Å². The quantitative estimate of drug-likeness (QED) is 0.104. The van der Waals surface area contributed by atoms with E-state index in [1.807, 2.05) is 0 Å². The van der Waals surface area contributed by atoms with Crippen molar-refractivity contribution in [1.82, 2.24) is 0 Å². The molecule has 22 rings (SSSR count). The van der Waals surface area contributed by atoms with Gasteiger partial charge in [-0.2, -0.15) is 0 Å². The molecular weight excluding hydrogens is 1250 g/mol. The standard InChI is InChI=1S/C90H54B3N3O6/c1-7-25-55(26-8-1)94(56-27-9-2-10-28-56)61-43-82-88-85(46-61)100-79-52-67-64(49-73(79)91(88)70-37-19-22-40-76(70)97-82)68-53-80-75(93-72-39-21-24-42-78(72)99-84-45-63(48-87(101-80)90(84)93)96(59-33-15-5-16-34-59)60-35-17-6-18-36-60)51-66(68)69-54-81-74(50-65(67)69)92-71-38-20-23-41-77(71)98-83-44-62(47-86(102-81)89(83)92)95(57-29-11-3-12-30-57)58-31-13-4-14-32-58/h1-54H. The van der Waals surface area contributed by atoms with E-state index < -0.39 is 0 Å². The lowest BCUT2D eigenvalue weighted by molar-refractivity contribution is 0.464. The molecule has 0 spiro atoms. The van der Waals surface area contributed by atoms with Crippen molar-refractivity contribution in [3.8, 4) is 69.0 Å². The summed E-state index contributed by atoms with van der Waals surface area (Å²) in [5.74, 6) is 9.14. The number of hydrogen-bond acceptors (Lipinski definition) is 9. The van der Waals surface area contributed by atoms with Gasteiger partial charge in [-0.05, 0) is 174 Å².